The van der Waals surface area contributed by atoms with Crippen molar-refractivity contribution in [1.82, 2.24) is 9.21 Å². The third-order valence-electron chi connectivity index (χ3n) is 5.71. The number of carbonyl (C=O) groups is 2. The maximum absolute atomic E-state index is 12.8. The first-order valence-electron chi connectivity index (χ1n) is 9.14. The maximum atomic E-state index is 12.8. The number of amides is 1. The van der Waals surface area contributed by atoms with E-state index in [2.05, 4.69) is 0 Å². The number of carbonyl (C=O) groups excluding carboxylic acids is 1. The summed E-state index contributed by atoms with van der Waals surface area (Å²) in [5.74, 6) is -1.11. The van der Waals surface area contributed by atoms with Gasteiger partial charge in [-0.1, -0.05) is 0 Å². The Morgan fingerprint density at radius 3 is 2.22 bits per heavy atom. The van der Waals surface area contributed by atoms with Crippen molar-refractivity contribution < 1.29 is 27.9 Å². The molecule has 1 N–H and O–H groups in total. The molecule has 3 fully saturated rings. The summed E-state index contributed by atoms with van der Waals surface area (Å²) >= 11 is 0. The van der Waals surface area contributed by atoms with Gasteiger partial charge in [-0.05, 0) is 43.5 Å². The van der Waals surface area contributed by atoms with Crippen LogP contribution in [0.25, 0.3) is 0 Å². The second-order valence-electron chi connectivity index (χ2n) is 7.27. The molecule has 3 unspecified atom stereocenters. The molecule has 0 aliphatic carbocycles. The van der Waals surface area contributed by atoms with Gasteiger partial charge in [0, 0.05) is 26.2 Å². The number of benzene rings is 1. The van der Waals surface area contributed by atoms with Crippen molar-refractivity contribution in [3.63, 3.8) is 0 Å². The van der Waals surface area contributed by atoms with Gasteiger partial charge in [-0.3, -0.25) is 4.79 Å². The lowest BCUT2D eigenvalue weighted by Gasteiger charge is -2.36. The van der Waals surface area contributed by atoms with Crippen LogP contribution < -0.4 is 0 Å². The fraction of sp³-hybridized carbons (Fsp3) is 0.556. The van der Waals surface area contributed by atoms with Gasteiger partial charge in [0.05, 0.1) is 28.6 Å². The van der Waals surface area contributed by atoms with Gasteiger partial charge in [0.15, 0.2) is 0 Å². The lowest BCUT2D eigenvalue weighted by molar-refractivity contribution is -0.138. The third-order valence-corrected chi connectivity index (χ3v) is 7.63. The standard InChI is InChI=1S/C18H22N2O6S/c21-17(15-11-13-3-6-16(15)26-13)19-7-9-20(10-8-19)27(24,25)14-4-1-12(2-5-14)18(22)23/h1-2,4-5,13,15-16H,3,6-11H2,(H,22,23). The van der Waals surface area contributed by atoms with Crippen LogP contribution in [-0.4, -0.2) is 73.0 Å². The highest BCUT2D eigenvalue weighted by atomic mass is 32.2. The summed E-state index contributed by atoms with van der Waals surface area (Å²) in [5.41, 5.74) is 0.0393. The topological polar surface area (TPSA) is 104 Å². The highest BCUT2D eigenvalue weighted by Crippen LogP contribution is 2.39. The first-order chi connectivity index (χ1) is 12.9. The third kappa shape index (κ3) is 3.35. The zero-order valence-corrected chi connectivity index (χ0v) is 15.6. The van der Waals surface area contributed by atoms with Gasteiger partial charge in [-0.25, -0.2) is 13.2 Å². The summed E-state index contributed by atoms with van der Waals surface area (Å²) in [6.07, 6.45) is 2.97. The molecule has 3 saturated heterocycles. The van der Waals surface area contributed by atoms with E-state index in [1.54, 1.807) is 4.90 Å². The van der Waals surface area contributed by atoms with Crippen LogP contribution in [-0.2, 0) is 19.6 Å². The fourth-order valence-electron chi connectivity index (χ4n) is 4.20. The Hall–Kier alpha value is -1.97. The van der Waals surface area contributed by atoms with E-state index in [0.29, 0.717) is 13.1 Å². The number of aromatic carboxylic acids is 1. The second kappa shape index (κ2) is 6.88. The van der Waals surface area contributed by atoms with E-state index in [1.165, 1.54) is 28.6 Å². The molecule has 3 aliphatic heterocycles. The molecule has 1 aromatic carbocycles. The van der Waals surface area contributed by atoms with Crippen LogP contribution in [0.4, 0.5) is 0 Å². The molecule has 9 heteroatoms. The quantitative estimate of drug-likeness (QED) is 0.810. The van der Waals surface area contributed by atoms with Gasteiger partial charge in [0.25, 0.3) is 0 Å². The number of nitrogens with zero attached hydrogens (tertiary/aromatic N) is 2. The SMILES string of the molecule is O=C(O)c1ccc(S(=O)(=O)N2CCN(C(=O)C3CC4CCC3O4)CC2)cc1. The molecule has 4 rings (SSSR count). The first kappa shape index (κ1) is 18.4. The first-order valence-corrected chi connectivity index (χ1v) is 10.6. The Labute approximate surface area is 157 Å². The maximum Gasteiger partial charge on any atom is 0.335 e. The Kier molecular flexibility index (Phi) is 4.69. The molecule has 1 amide bonds. The number of fused-ring (bicyclic) bond motifs is 2. The molecule has 3 heterocycles. The van der Waals surface area contributed by atoms with Crippen LogP contribution in [0.3, 0.4) is 0 Å². The van der Waals surface area contributed by atoms with Crippen LogP contribution in [0.5, 0.6) is 0 Å². The molecule has 27 heavy (non-hydrogen) atoms. The number of hydrogen-bond donors (Lipinski definition) is 1. The fourth-order valence-corrected chi connectivity index (χ4v) is 5.62. The van der Waals surface area contributed by atoms with E-state index in [9.17, 15) is 18.0 Å². The van der Waals surface area contributed by atoms with Gasteiger partial charge in [-0.15, -0.1) is 0 Å². The van der Waals surface area contributed by atoms with Gasteiger partial charge >= 0.3 is 5.97 Å². The highest BCUT2D eigenvalue weighted by Gasteiger charge is 2.46. The van der Waals surface area contributed by atoms with Crippen molar-refractivity contribution in [3.8, 4) is 0 Å². The minimum Gasteiger partial charge on any atom is -0.478 e. The number of carboxylic acid groups (broad SMARTS) is 1. The zero-order chi connectivity index (χ0) is 19.2. The molecule has 0 spiro atoms. The predicted molar refractivity (Wildman–Crippen MR) is 94.7 cm³/mol. The predicted octanol–water partition coefficient (Wildman–Crippen LogP) is 0.785. The van der Waals surface area contributed by atoms with Crippen LogP contribution in [0.1, 0.15) is 29.6 Å². The van der Waals surface area contributed by atoms with Crippen molar-refractivity contribution >= 4 is 21.9 Å². The average molecular weight is 394 g/mol. The number of piperazine rings is 1. The lowest BCUT2D eigenvalue weighted by atomic mass is 9.88. The van der Waals surface area contributed by atoms with E-state index >= 15 is 0 Å². The smallest absolute Gasteiger partial charge is 0.335 e. The normalized spacial score (nSPS) is 28.4. The Morgan fingerprint density at radius 1 is 1.04 bits per heavy atom. The van der Waals surface area contributed by atoms with E-state index < -0.39 is 16.0 Å². The van der Waals surface area contributed by atoms with Crippen molar-refractivity contribution in [2.45, 2.75) is 36.4 Å². The Bertz CT molecular complexity index is 845. The molecule has 8 nitrogen and oxygen atoms in total. The molecule has 3 atom stereocenters. The molecule has 0 saturated carbocycles. The summed E-state index contributed by atoms with van der Waals surface area (Å²) < 4.78 is 32.6. The number of hydrogen-bond acceptors (Lipinski definition) is 5. The largest absolute Gasteiger partial charge is 0.478 e. The van der Waals surface area contributed by atoms with Crippen molar-refractivity contribution in [2.75, 3.05) is 26.2 Å². The zero-order valence-electron chi connectivity index (χ0n) is 14.8. The highest BCUT2D eigenvalue weighted by molar-refractivity contribution is 7.89. The van der Waals surface area contributed by atoms with Crippen molar-refractivity contribution in [1.29, 1.82) is 0 Å². The Morgan fingerprint density at radius 2 is 1.70 bits per heavy atom. The van der Waals surface area contributed by atoms with E-state index in [0.717, 1.165) is 19.3 Å². The number of sulfonamides is 1. The summed E-state index contributed by atoms with van der Waals surface area (Å²) in [7, 11) is -3.70. The lowest BCUT2D eigenvalue weighted by Crippen LogP contribution is -2.52. The molecule has 3 aliphatic rings. The summed E-state index contributed by atoms with van der Waals surface area (Å²) in [6, 6.07) is 5.18. The van der Waals surface area contributed by atoms with E-state index in [4.69, 9.17) is 9.84 Å². The number of ether oxygens (including phenoxy) is 1. The summed E-state index contributed by atoms with van der Waals surface area (Å²) in [6.45, 7) is 1.19. The minimum atomic E-state index is -3.70. The molecule has 2 bridgehead atoms. The van der Waals surface area contributed by atoms with Crippen LogP contribution in [0.15, 0.2) is 29.2 Å². The molecular weight excluding hydrogens is 372 g/mol. The van der Waals surface area contributed by atoms with Crippen LogP contribution in [0.2, 0.25) is 0 Å². The average Bonchev–Trinajstić information content (AvgIpc) is 3.31. The molecule has 0 aromatic heterocycles. The second-order valence-corrected chi connectivity index (χ2v) is 9.21. The van der Waals surface area contributed by atoms with Gasteiger partial charge in [-0.2, -0.15) is 4.31 Å². The molecular formula is C18H22N2O6S. The molecule has 0 radical (unpaired) electrons. The number of carboxylic acids is 1. The molecule has 1 aromatic rings. The van der Waals surface area contributed by atoms with Crippen LogP contribution >= 0.6 is 0 Å². The van der Waals surface area contributed by atoms with E-state index in [1.807, 2.05) is 0 Å². The summed E-state index contributed by atoms with van der Waals surface area (Å²) in [5, 5.41) is 8.93. The Balaban J connectivity index is 1.39. The van der Waals surface area contributed by atoms with Crippen molar-refractivity contribution in [3.05, 3.63) is 29.8 Å². The van der Waals surface area contributed by atoms with E-state index in [-0.39, 0.29) is 47.6 Å². The summed E-state index contributed by atoms with van der Waals surface area (Å²) in [4.78, 5) is 25.5. The van der Waals surface area contributed by atoms with Gasteiger partial charge < -0.3 is 14.7 Å². The van der Waals surface area contributed by atoms with Crippen molar-refractivity contribution in [2.24, 2.45) is 5.92 Å². The molecule has 146 valence electrons. The van der Waals surface area contributed by atoms with Gasteiger partial charge in [0.1, 0.15) is 0 Å². The monoisotopic (exact) mass is 394 g/mol. The number of rotatable bonds is 4. The van der Waals surface area contributed by atoms with Crippen LogP contribution in [0, 0.1) is 5.92 Å². The minimum absolute atomic E-state index is 0.0250. The van der Waals surface area contributed by atoms with Gasteiger partial charge in [0.2, 0.25) is 15.9 Å².